The largest absolute Gasteiger partial charge is 0.305 e. The predicted molar refractivity (Wildman–Crippen MR) is 71.8 cm³/mol. The van der Waals surface area contributed by atoms with Crippen LogP contribution in [0.2, 0.25) is 0 Å². The molecule has 0 aliphatic heterocycles. The molecule has 1 rings (SSSR count). The zero-order valence-corrected chi connectivity index (χ0v) is 11.7. The van der Waals surface area contributed by atoms with Gasteiger partial charge in [0.15, 0.2) is 0 Å². The van der Waals surface area contributed by atoms with Crippen molar-refractivity contribution in [3.8, 4) is 0 Å². The Morgan fingerprint density at radius 3 is 2.75 bits per heavy atom. The van der Waals surface area contributed by atoms with E-state index in [2.05, 4.69) is 43.4 Å². The second-order valence-electron chi connectivity index (χ2n) is 4.80. The minimum Gasteiger partial charge on any atom is -0.305 e. The van der Waals surface area contributed by atoms with Crippen LogP contribution in [-0.4, -0.2) is 11.5 Å². The molecule has 2 unspecified atom stereocenters. The van der Waals surface area contributed by atoms with Crippen LogP contribution in [0.1, 0.15) is 52.0 Å². The van der Waals surface area contributed by atoms with Crippen LogP contribution in [0.4, 0.5) is 0 Å². The van der Waals surface area contributed by atoms with Gasteiger partial charge in [-0.3, -0.25) is 0 Å². The predicted octanol–water partition coefficient (Wildman–Crippen LogP) is 3.79. The van der Waals surface area contributed by atoms with Gasteiger partial charge in [0.1, 0.15) is 5.01 Å². The van der Waals surface area contributed by atoms with Gasteiger partial charge in [-0.2, -0.15) is 0 Å². The van der Waals surface area contributed by atoms with Crippen LogP contribution in [0.3, 0.4) is 0 Å². The Balaban J connectivity index is 2.54. The molecule has 0 amide bonds. The number of aromatic nitrogens is 1. The van der Waals surface area contributed by atoms with E-state index in [0.29, 0.717) is 0 Å². The molecular formula is C13H24N2S. The maximum atomic E-state index is 4.44. The van der Waals surface area contributed by atoms with Gasteiger partial charge in [-0.25, -0.2) is 4.98 Å². The molecule has 0 radical (unpaired) electrons. The van der Waals surface area contributed by atoms with Crippen LogP contribution in [-0.2, 0) is 5.54 Å². The molecule has 0 spiro atoms. The van der Waals surface area contributed by atoms with Crippen LogP contribution in [0.15, 0.2) is 11.6 Å². The van der Waals surface area contributed by atoms with Gasteiger partial charge in [-0.15, -0.1) is 11.3 Å². The first-order valence-corrected chi connectivity index (χ1v) is 7.15. The van der Waals surface area contributed by atoms with Gasteiger partial charge in [0.25, 0.3) is 0 Å². The number of hydrogen-bond donors (Lipinski definition) is 1. The van der Waals surface area contributed by atoms with Crippen molar-refractivity contribution in [2.75, 3.05) is 6.54 Å². The summed E-state index contributed by atoms with van der Waals surface area (Å²) in [5.41, 5.74) is 0.0518. The summed E-state index contributed by atoms with van der Waals surface area (Å²) in [4.78, 5) is 4.44. The maximum absolute atomic E-state index is 4.44. The molecule has 1 heterocycles. The summed E-state index contributed by atoms with van der Waals surface area (Å²) in [6, 6.07) is 0. The lowest BCUT2D eigenvalue weighted by Crippen LogP contribution is -2.41. The number of thiazole rings is 1. The van der Waals surface area contributed by atoms with Gasteiger partial charge >= 0.3 is 0 Å². The molecule has 0 saturated carbocycles. The fourth-order valence-corrected chi connectivity index (χ4v) is 2.69. The molecule has 1 aromatic heterocycles. The summed E-state index contributed by atoms with van der Waals surface area (Å²) in [6.07, 6.45) is 5.54. The third-order valence-electron chi connectivity index (χ3n) is 3.23. The first-order chi connectivity index (χ1) is 7.62. The van der Waals surface area contributed by atoms with E-state index in [1.54, 1.807) is 11.3 Å². The van der Waals surface area contributed by atoms with Gasteiger partial charge in [0.05, 0.1) is 5.54 Å². The number of nitrogens with one attached hydrogen (secondary N) is 1. The standard InChI is InChI=1S/C13H24N2S/c1-5-7-11(3)10-15-13(4,6-2)12-14-8-9-16-12/h8-9,11,15H,5-7,10H2,1-4H3. The van der Waals surface area contributed by atoms with Crippen molar-refractivity contribution in [2.45, 2.75) is 52.5 Å². The Kier molecular flexibility index (Phi) is 5.42. The van der Waals surface area contributed by atoms with E-state index in [9.17, 15) is 0 Å². The molecule has 1 aromatic rings. The third kappa shape index (κ3) is 3.56. The molecule has 0 aliphatic rings. The molecule has 0 bridgehead atoms. The fourth-order valence-electron chi connectivity index (χ4n) is 1.84. The Hall–Kier alpha value is -0.410. The van der Waals surface area contributed by atoms with Crippen LogP contribution in [0, 0.1) is 5.92 Å². The SMILES string of the molecule is CCCC(C)CNC(C)(CC)c1nccs1. The highest BCUT2D eigenvalue weighted by molar-refractivity contribution is 7.09. The number of hydrogen-bond acceptors (Lipinski definition) is 3. The van der Waals surface area contributed by atoms with Crippen LogP contribution in [0.5, 0.6) is 0 Å². The quantitative estimate of drug-likeness (QED) is 0.784. The molecule has 0 saturated heterocycles. The van der Waals surface area contributed by atoms with Crippen molar-refractivity contribution in [1.82, 2.24) is 10.3 Å². The highest BCUT2D eigenvalue weighted by Gasteiger charge is 2.26. The van der Waals surface area contributed by atoms with Crippen molar-refractivity contribution in [2.24, 2.45) is 5.92 Å². The summed E-state index contributed by atoms with van der Waals surface area (Å²) in [6.45, 7) is 10.1. The minimum absolute atomic E-state index is 0.0518. The zero-order valence-electron chi connectivity index (χ0n) is 10.9. The van der Waals surface area contributed by atoms with E-state index in [1.165, 1.54) is 17.8 Å². The van der Waals surface area contributed by atoms with Gasteiger partial charge in [0.2, 0.25) is 0 Å². The topological polar surface area (TPSA) is 24.9 Å². The summed E-state index contributed by atoms with van der Waals surface area (Å²) in [7, 11) is 0. The Labute approximate surface area is 103 Å². The molecular weight excluding hydrogens is 216 g/mol. The van der Waals surface area contributed by atoms with Crippen molar-refractivity contribution in [1.29, 1.82) is 0 Å². The average Bonchev–Trinajstić information content (AvgIpc) is 2.80. The second kappa shape index (κ2) is 6.36. The summed E-state index contributed by atoms with van der Waals surface area (Å²) in [5, 5.41) is 6.94. The minimum atomic E-state index is 0.0518. The van der Waals surface area contributed by atoms with Crippen molar-refractivity contribution < 1.29 is 0 Å². The molecule has 0 aromatic carbocycles. The Morgan fingerprint density at radius 1 is 1.50 bits per heavy atom. The molecule has 1 N–H and O–H groups in total. The molecule has 16 heavy (non-hydrogen) atoms. The lowest BCUT2D eigenvalue weighted by Gasteiger charge is -2.29. The first kappa shape index (κ1) is 13.7. The van der Waals surface area contributed by atoms with Gasteiger partial charge in [-0.05, 0) is 32.2 Å². The third-order valence-corrected chi connectivity index (χ3v) is 4.27. The Bertz CT molecular complexity index is 284. The van der Waals surface area contributed by atoms with Crippen LogP contribution in [0.25, 0.3) is 0 Å². The fraction of sp³-hybridized carbons (Fsp3) is 0.769. The Morgan fingerprint density at radius 2 is 2.25 bits per heavy atom. The smallest absolute Gasteiger partial charge is 0.112 e. The van der Waals surface area contributed by atoms with Crippen LogP contribution < -0.4 is 5.32 Å². The maximum Gasteiger partial charge on any atom is 0.112 e. The van der Waals surface area contributed by atoms with Crippen molar-refractivity contribution >= 4 is 11.3 Å². The van der Waals surface area contributed by atoms with Crippen molar-refractivity contribution in [3.63, 3.8) is 0 Å². The number of nitrogens with zero attached hydrogens (tertiary/aromatic N) is 1. The molecule has 2 atom stereocenters. The highest BCUT2D eigenvalue weighted by atomic mass is 32.1. The number of rotatable bonds is 7. The van der Waals surface area contributed by atoms with E-state index in [0.717, 1.165) is 18.9 Å². The average molecular weight is 240 g/mol. The summed E-state index contributed by atoms with van der Waals surface area (Å²) >= 11 is 1.75. The van der Waals surface area contributed by atoms with E-state index >= 15 is 0 Å². The second-order valence-corrected chi connectivity index (χ2v) is 5.69. The van der Waals surface area contributed by atoms with Crippen LogP contribution >= 0.6 is 11.3 Å². The zero-order chi connectivity index (χ0) is 12.0. The lowest BCUT2D eigenvalue weighted by atomic mass is 9.97. The van der Waals surface area contributed by atoms with E-state index in [-0.39, 0.29) is 5.54 Å². The monoisotopic (exact) mass is 240 g/mol. The lowest BCUT2D eigenvalue weighted by molar-refractivity contribution is 0.318. The normalized spacial score (nSPS) is 17.0. The van der Waals surface area contributed by atoms with E-state index < -0.39 is 0 Å². The van der Waals surface area contributed by atoms with E-state index in [1.807, 2.05) is 6.20 Å². The van der Waals surface area contributed by atoms with Gasteiger partial charge < -0.3 is 5.32 Å². The molecule has 0 fully saturated rings. The molecule has 0 aliphatic carbocycles. The first-order valence-electron chi connectivity index (χ1n) is 6.27. The molecule has 2 nitrogen and oxygen atoms in total. The van der Waals surface area contributed by atoms with Crippen molar-refractivity contribution in [3.05, 3.63) is 16.6 Å². The molecule has 92 valence electrons. The van der Waals surface area contributed by atoms with Gasteiger partial charge in [0, 0.05) is 11.6 Å². The highest BCUT2D eigenvalue weighted by Crippen LogP contribution is 2.26. The molecule has 3 heteroatoms. The van der Waals surface area contributed by atoms with E-state index in [4.69, 9.17) is 0 Å². The van der Waals surface area contributed by atoms with Gasteiger partial charge in [-0.1, -0.05) is 27.2 Å². The summed E-state index contributed by atoms with van der Waals surface area (Å²) < 4.78 is 0. The summed E-state index contributed by atoms with van der Waals surface area (Å²) in [5.74, 6) is 0.746.